The van der Waals surface area contributed by atoms with Crippen molar-refractivity contribution in [1.82, 2.24) is 0 Å². The number of methoxy groups -OCH3 is 2. The second-order valence-corrected chi connectivity index (χ2v) is 34.2. The van der Waals surface area contributed by atoms with Crippen molar-refractivity contribution in [3.05, 3.63) is 46.1 Å². The van der Waals surface area contributed by atoms with Crippen LogP contribution in [0.4, 0.5) is 0 Å². The Morgan fingerprint density at radius 2 is 1.29 bits per heavy atom. The van der Waals surface area contributed by atoms with Crippen LogP contribution in [-0.4, -0.2) is 138 Å². The van der Waals surface area contributed by atoms with Gasteiger partial charge >= 0.3 is 198 Å². The van der Waals surface area contributed by atoms with Crippen LogP contribution < -0.4 is 0 Å². The number of ether oxygens (including phenoxy) is 6. The van der Waals surface area contributed by atoms with Crippen LogP contribution in [0.5, 0.6) is 0 Å². The summed E-state index contributed by atoms with van der Waals surface area (Å²) < 4.78 is 41.1. The van der Waals surface area contributed by atoms with Gasteiger partial charge in [-0.25, -0.2) is 0 Å². The Bertz CT molecular complexity index is 1570. The number of hydrogen-bond acceptors (Lipinski definition) is 12. The van der Waals surface area contributed by atoms with Crippen molar-refractivity contribution in [1.29, 1.82) is 0 Å². The molecular formula is C56H100O12Sn. The molecule has 0 unspecified atom stereocenters. The van der Waals surface area contributed by atoms with E-state index in [1.165, 1.54) is 58.8 Å². The number of epoxide rings is 2. The molecule has 2 fully saturated rings. The monoisotopic (exact) mass is 1080 g/mol. The zero-order valence-corrected chi connectivity index (χ0v) is 48.6. The van der Waals surface area contributed by atoms with Crippen molar-refractivity contribution in [2.45, 2.75) is 247 Å². The van der Waals surface area contributed by atoms with Gasteiger partial charge in [-0.3, -0.25) is 9.59 Å². The Morgan fingerprint density at radius 3 is 1.72 bits per heavy atom. The number of unbranched alkanes of at least 4 members (excludes halogenated alkanes) is 3. The molecule has 3 aliphatic heterocycles. The molecule has 0 bridgehead atoms. The fourth-order valence-electron chi connectivity index (χ4n) is 10.1. The molecule has 3 heterocycles. The zero-order chi connectivity index (χ0) is 52.1. The van der Waals surface area contributed by atoms with Crippen LogP contribution in [0.25, 0.3) is 0 Å². The molecule has 2 saturated heterocycles. The molecule has 4 N–H and O–H groups in total. The van der Waals surface area contributed by atoms with E-state index < -0.39 is 66.4 Å². The van der Waals surface area contributed by atoms with Crippen molar-refractivity contribution in [2.24, 2.45) is 29.6 Å². The molecular weight excluding hydrogens is 983 g/mol. The maximum absolute atomic E-state index is 12.6. The van der Waals surface area contributed by atoms with E-state index in [1.807, 2.05) is 39.0 Å². The fraction of sp³-hybridized carbons (Fsp3) is 0.821. The van der Waals surface area contributed by atoms with E-state index >= 15 is 0 Å². The standard InChI is InChI=1S/C31H50O9.C13H23O3.3C4H9.Sn/c1-9-24(37-8)21(5)29-30(40-29)27(35)18(2)11-10-12-19(3)28-20(4)13-14-25(38-22(6)32)31(7,36)16-15-23(33)17-26(34)39-28;1-6-8(3)11(14)13-12(16-13)9(4)10(7-2)15-5;3*1-3-4-2;/h10-14,18,20-21,23-25,27-30,33,35-36H,9,15-17H2,1-8H3;1,6,8-14H,7H2,2-5H3;3*1,3-4H2,2H3;/b11-10+,14-13+,19-12+;;;;;/t18-,20+,21+,23-,24-,25+,27+,28-,29-,30-,31-;8-,9+,10-,11+,12-,13-;;;;/m11..../s1. The van der Waals surface area contributed by atoms with E-state index in [4.69, 9.17) is 28.4 Å². The third-order valence-corrected chi connectivity index (χ3v) is 29.3. The third kappa shape index (κ3) is 21.0. The van der Waals surface area contributed by atoms with E-state index in [2.05, 4.69) is 65.6 Å². The summed E-state index contributed by atoms with van der Waals surface area (Å²) in [4.78, 5) is 24.3. The first kappa shape index (κ1) is 63.5. The quantitative estimate of drug-likeness (QED) is 0.0202. The van der Waals surface area contributed by atoms with E-state index in [0.717, 1.165) is 18.4 Å². The molecule has 0 aromatic carbocycles. The number of allylic oxidation sites excluding steroid dienone is 2. The molecule has 0 amide bonds. The van der Waals surface area contributed by atoms with Gasteiger partial charge in [-0.05, 0) is 44.8 Å². The SMILES string of the molecule is CCC[CH2][Sn](/[CH]=C/[C@@H](C)[C@H](O)[C@H]1O[C@@H]1[C@@H](C)[C@@H](CC)OC)([CH2]CCC)[CH2]CCC.CC[C@@H](OC)[C@H](C)[C@H]1O[C@@H]1[C@@H](O)[C@H](C)/C=C/C=C(\C)[C@H]1OC(=O)C[C@H](O)CC[C@@](C)(O)[C@@H](OC(C)=O)/C=C/[C@@H]1C. The Balaban J connectivity index is 0.000000499. The average Bonchev–Trinajstić information content (AvgIpc) is 4.26. The number of cyclic esters (lactones) is 1. The molecule has 0 saturated carbocycles. The first-order chi connectivity index (χ1) is 32.6. The van der Waals surface area contributed by atoms with Crippen LogP contribution in [-0.2, 0) is 38.0 Å². The smallest absolute Gasteiger partial charge is 0.309 e. The summed E-state index contributed by atoms with van der Waals surface area (Å²) in [6, 6.07) is 0. The van der Waals surface area contributed by atoms with Gasteiger partial charge < -0.3 is 34.3 Å². The summed E-state index contributed by atoms with van der Waals surface area (Å²) in [6.45, 7) is 26.1. The van der Waals surface area contributed by atoms with E-state index in [-0.39, 0.29) is 79.6 Å². The van der Waals surface area contributed by atoms with Gasteiger partial charge in [0.25, 0.3) is 0 Å². The van der Waals surface area contributed by atoms with Crippen molar-refractivity contribution in [3.8, 4) is 0 Å². The average molecular weight is 1080 g/mol. The van der Waals surface area contributed by atoms with Gasteiger partial charge in [0.05, 0.1) is 30.8 Å². The van der Waals surface area contributed by atoms with Gasteiger partial charge in [0.15, 0.2) is 0 Å². The number of aliphatic hydroxyl groups is 4. The van der Waals surface area contributed by atoms with E-state index in [9.17, 15) is 30.0 Å². The van der Waals surface area contributed by atoms with Crippen LogP contribution in [0.1, 0.15) is 161 Å². The molecule has 0 aliphatic carbocycles. The van der Waals surface area contributed by atoms with Crippen LogP contribution in [0, 0.1) is 29.6 Å². The summed E-state index contributed by atoms with van der Waals surface area (Å²) in [7, 11) is 3.47. The fourth-order valence-corrected chi connectivity index (χ4v) is 24.8. The van der Waals surface area contributed by atoms with Crippen LogP contribution in [0.15, 0.2) is 46.1 Å². The molecule has 17 atom stereocenters. The molecule has 0 radical (unpaired) electrons. The number of carbonyl (C=O) groups excluding carboxylic acids is 2. The first-order valence-electron chi connectivity index (χ1n) is 26.8. The summed E-state index contributed by atoms with van der Waals surface area (Å²) in [5.41, 5.74) is -0.666. The summed E-state index contributed by atoms with van der Waals surface area (Å²) >= 11 is -2.27. The number of hydrogen-bond donors (Lipinski definition) is 4. The number of rotatable bonds is 27. The van der Waals surface area contributed by atoms with Gasteiger partial charge in [0, 0.05) is 31.8 Å². The normalized spacial score (nSPS) is 30.9. The Morgan fingerprint density at radius 1 is 0.812 bits per heavy atom. The Hall–Kier alpha value is -1.62. The predicted octanol–water partition coefficient (Wildman–Crippen LogP) is 10.4. The molecule has 12 nitrogen and oxygen atoms in total. The topological polar surface area (TPSA) is 177 Å². The minimum Gasteiger partial charge on any atom is -0.457 e. The maximum Gasteiger partial charge on any atom is 0.309 e. The van der Waals surface area contributed by atoms with E-state index in [0.29, 0.717) is 5.92 Å². The van der Waals surface area contributed by atoms with Gasteiger partial charge in [-0.15, -0.1) is 0 Å². The first-order valence-corrected chi connectivity index (χ1v) is 34.5. The third-order valence-electron chi connectivity index (χ3n) is 15.2. The molecule has 0 aromatic rings. The Labute approximate surface area is 423 Å². The second-order valence-electron chi connectivity index (χ2n) is 21.2. The number of carbonyl (C=O) groups is 2. The number of esters is 2. The zero-order valence-electron chi connectivity index (χ0n) is 45.7. The van der Waals surface area contributed by atoms with Gasteiger partial charge in [-0.1, -0.05) is 52.0 Å². The van der Waals surface area contributed by atoms with Gasteiger partial charge in [0.2, 0.25) is 0 Å². The summed E-state index contributed by atoms with van der Waals surface area (Å²) in [6.07, 6.45) is 17.8. The molecule has 400 valence electrons. The Kier molecular flexibility index (Phi) is 29.3. The number of aliphatic hydroxyl groups excluding tert-OH is 3. The predicted molar refractivity (Wildman–Crippen MR) is 279 cm³/mol. The molecule has 0 aromatic heterocycles. The van der Waals surface area contributed by atoms with Crippen molar-refractivity contribution < 1.29 is 58.4 Å². The molecule has 3 aliphatic rings. The van der Waals surface area contributed by atoms with Crippen LogP contribution >= 0.6 is 0 Å². The van der Waals surface area contributed by atoms with Crippen molar-refractivity contribution >= 4 is 30.3 Å². The maximum atomic E-state index is 12.6. The summed E-state index contributed by atoms with van der Waals surface area (Å²) in [5.74, 6) is -0.887. The van der Waals surface area contributed by atoms with Gasteiger partial charge in [0.1, 0.15) is 23.9 Å². The van der Waals surface area contributed by atoms with Crippen molar-refractivity contribution in [3.63, 3.8) is 0 Å². The molecule has 3 rings (SSSR count). The minimum atomic E-state index is -2.27. The molecule has 69 heavy (non-hydrogen) atoms. The van der Waals surface area contributed by atoms with Crippen LogP contribution in [0.2, 0.25) is 13.3 Å². The minimum absolute atomic E-state index is 0.0274. The van der Waals surface area contributed by atoms with Crippen LogP contribution in [0.3, 0.4) is 0 Å². The molecule has 0 spiro atoms. The summed E-state index contributed by atoms with van der Waals surface area (Å²) in [5, 5.41) is 43.1. The van der Waals surface area contributed by atoms with Gasteiger partial charge in [-0.2, -0.15) is 0 Å². The molecule has 13 heteroatoms. The second kappa shape index (κ2) is 31.9. The largest absolute Gasteiger partial charge is 0.457 e. The van der Waals surface area contributed by atoms with E-state index in [1.54, 1.807) is 33.3 Å². The van der Waals surface area contributed by atoms with Crippen molar-refractivity contribution in [2.75, 3.05) is 14.2 Å².